The van der Waals surface area contributed by atoms with Gasteiger partial charge in [-0.3, -0.25) is 0 Å². The van der Waals surface area contributed by atoms with Crippen molar-refractivity contribution in [2.24, 2.45) is 5.73 Å². The summed E-state index contributed by atoms with van der Waals surface area (Å²) in [6, 6.07) is 7.21. The second-order valence-electron chi connectivity index (χ2n) is 4.31. The van der Waals surface area contributed by atoms with Crippen LogP contribution in [0.1, 0.15) is 31.2 Å². The highest BCUT2D eigenvalue weighted by Crippen LogP contribution is 2.40. The molecule has 1 aromatic rings. The molecule has 0 aliphatic heterocycles. The molecular weight excluding hydrogens is 213 g/mol. The Labute approximate surface area is 94.4 Å². The molecule has 1 nitrogen and oxygen atoms in total. The maximum Gasteiger partial charge on any atom is 0.136 e. The minimum atomic E-state index is -1.19. The number of hydrogen-bond acceptors (Lipinski definition) is 1. The van der Waals surface area contributed by atoms with E-state index in [0.717, 1.165) is 18.4 Å². The summed E-state index contributed by atoms with van der Waals surface area (Å²) < 4.78 is 14.5. The molecule has 2 N–H and O–H groups in total. The quantitative estimate of drug-likeness (QED) is 0.782. The standard InChI is InChI=1S/C12H15ClFN/c13-10-3-1-9(2-4-10)12(14)7-5-11(15)6-8-12/h1-4,11H,5-8,15H2. The fourth-order valence-corrected chi connectivity index (χ4v) is 2.26. The summed E-state index contributed by atoms with van der Waals surface area (Å²) in [6.45, 7) is 0. The topological polar surface area (TPSA) is 26.0 Å². The van der Waals surface area contributed by atoms with Gasteiger partial charge in [-0.1, -0.05) is 23.7 Å². The van der Waals surface area contributed by atoms with Crippen LogP contribution in [0.25, 0.3) is 0 Å². The van der Waals surface area contributed by atoms with Crippen LogP contribution in [0.3, 0.4) is 0 Å². The highest BCUT2D eigenvalue weighted by molar-refractivity contribution is 6.30. The summed E-state index contributed by atoms with van der Waals surface area (Å²) in [6.07, 6.45) is 2.57. The Balaban J connectivity index is 2.18. The zero-order valence-corrected chi connectivity index (χ0v) is 9.30. The summed E-state index contributed by atoms with van der Waals surface area (Å²) in [7, 11) is 0. The molecule has 0 bridgehead atoms. The van der Waals surface area contributed by atoms with E-state index in [1.165, 1.54) is 0 Å². The van der Waals surface area contributed by atoms with Crippen LogP contribution >= 0.6 is 11.6 Å². The molecule has 1 saturated carbocycles. The Bertz CT molecular complexity index is 328. The van der Waals surface area contributed by atoms with Gasteiger partial charge in [0.2, 0.25) is 0 Å². The van der Waals surface area contributed by atoms with Crippen LogP contribution < -0.4 is 5.73 Å². The monoisotopic (exact) mass is 227 g/mol. The van der Waals surface area contributed by atoms with Crippen LogP contribution in [0.5, 0.6) is 0 Å². The third kappa shape index (κ3) is 2.32. The van der Waals surface area contributed by atoms with Crippen LogP contribution in [0.2, 0.25) is 5.02 Å². The van der Waals surface area contributed by atoms with Gasteiger partial charge in [0.15, 0.2) is 0 Å². The van der Waals surface area contributed by atoms with E-state index in [9.17, 15) is 4.39 Å². The van der Waals surface area contributed by atoms with E-state index < -0.39 is 5.67 Å². The van der Waals surface area contributed by atoms with E-state index in [4.69, 9.17) is 17.3 Å². The SMILES string of the molecule is NC1CCC(F)(c2ccc(Cl)cc2)CC1. The summed E-state index contributed by atoms with van der Waals surface area (Å²) in [4.78, 5) is 0. The van der Waals surface area contributed by atoms with Crippen molar-refractivity contribution < 1.29 is 4.39 Å². The first kappa shape index (κ1) is 10.9. The number of alkyl halides is 1. The molecule has 0 spiro atoms. The lowest BCUT2D eigenvalue weighted by Gasteiger charge is -2.32. The second kappa shape index (κ2) is 4.11. The summed E-state index contributed by atoms with van der Waals surface area (Å²) in [5.41, 5.74) is 5.31. The molecule has 0 heterocycles. The van der Waals surface area contributed by atoms with Gasteiger partial charge in [0, 0.05) is 11.1 Å². The Hall–Kier alpha value is -0.600. The summed E-state index contributed by atoms with van der Waals surface area (Å²) in [5.74, 6) is 0. The number of nitrogens with two attached hydrogens (primary N) is 1. The van der Waals surface area contributed by atoms with Crippen LogP contribution in [-0.4, -0.2) is 6.04 Å². The minimum Gasteiger partial charge on any atom is -0.328 e. The molecule has 0 radical (unpaired) electrons. The van der Waals surface area contributed by atoms with Gasteiger partial charge in [-0.15, -0.1) is 0 Å². The molecule has 1 fully saturated rings. The van der Waals surface area contributed by atoms with Crippen molar-refractivity contribution in [1.29, 1.82) is 0 Å². The summed E-state index contributed by atoms with van der Waals surface area (Å²) in [5, 5.41) is 0.648. The molecule has 0 aromatic heterocycles. The van der Waals surface area contributed by atoms with Gasteiger partial charge < -0.3 is 5.73 Å². The lowest BCUT2D eigenvalue weighted by atomic mass is 9.79. The Morgan fingerprint density at radius 3 is 2.27 bits per heavy atom. The molecule has 0 atom stereocenters. The molecular formula is C12H15ClFN. The van der Waals surface area contributed by atoms with Crippen molar-refractivity contribution in [3.63, 3.8) is 0 Å². The fourth-order valence-electron chi connectivity index (χ4n) is 2.13. The van der Waals surface area contributed by atoms with Gasteiger partial charge in [-0.25, -0.2) is 4.39 Å². The van der Waals surface area contributed by atoms with Gasteiger partial charge in [-0.05, 0) is 43.4 Å². The van der Waals surface area contributed by atoms with Crippen LogP contribution in [-0.2, 0) is 5.67 Å². The van der Waals surface area contributed by atoms with Gasteiger partial charge in [0.25, 0.3) is 0 Å². The predicted octanol–water partition coefficient (Wildman–Crippen LogP) is 3.41. The van der Waals surface area contributed by atoms with E-state index >= 15 is 0 Å². The maximum absolute atomic E-state index is 14.5. The van der Waals surface area contributed by atoms with Gasteiger partial charge in [-0.2, -0.15) is 0 Å². The van der Waals surface area contributed by atoms with Crippen molar-refractivity contribution in [2.75, 3.05) is 0 Å². The van der Waals surface area contributed by atoms with Gasteiger partial charge in [0.05, 0.1) is 0 Å². The largest absolute Gasteiger partial charge is 0.328 e. The zero-order valence-electron chi connectivity index (χ0n) is 8.55. The predicted molar refractivity (Wildman–Crippen MR) is 60.7 cm³/mol. The van der Waals surface area contributed by atoms with E-state index in [1.807, 2.05) is 0 Å². The second-order valence-corrected chi connectivity index (χ2v) is 4.75. The molecule has 82 valence electrons. The Morgan fingerprint density at radius 2 is 1.73 bits per heavy atom. The molecule has 1 aliphatic rings. The third-order valence-electron chi connectivity index (χ3n) is 3.18. The van der Waals surface area contributed by atoms with Crippen molar-refractivity contribution in [3.05, 3.63) is 34.9 Å². The van der Waals surface area contributed by atoms with E-state index in [-0.39, 0.29) is 6.04 Å². The first-order chi connectivity index (χ1) is 7.10. The molecule has 1 aromatic carbocycles. The minimum absolute atomic E-state index is 0.168. The Kier molecular flexibility index (Phi) is 2.98. The molecule has 0 unspecified atom stereocenters. The lowest BCUT2D eigenvalue weighted by molar-refractivity contribution is 0.0979. The first-order valence-corrected chi connectivity index (χ1v) is 5.68. The normalized spacial score (nSPS) is 31.5. The van der Waals surface area contributed by atoms with Crippen molar-refractivity contribution in [2.45, 2.75) is 37.4 Å². The first-order valence-electron chi connectivity index (χ1n) is 5.31. The number of hydrogen-bond donors (Lipinski definition) is 1. The van der Waals surface area contributed by atoms with Gasteiger partial charge in [0.1, 0.15) is 5.67 Å². The Morgan fingerprint density at radius 1 is 1.20 bits per heavy atom. The smallest absolute Gasteiger partial charge is 0.136 e. The molecule has 0 saturated heterocycles. The molecule has 0 amide bonds. The molecule has 3 heteroatoms. The van der Waals surface area contributed by atoms with Crippen molar-refractivity contribution in [1.82, 2.24) is 0 Å². The highest BCUT2D eigenvalue weighted by atomic mass is 35.5. The zero-order chi connectivity index (χ0) is 10.9. The van der Waals surface area contributed by atoms with Gasteiger partial charge >= 0.3 is 0 Å². The van der Waals surface area contributed by atoms with Crippen molar-refractivity contribution in [3.8, 4) is 0 Å². The number of benzene rings is 1. The lowest BCUT2D eigenvalue weighted by Crippen LogP contribution is -2.33. The third-order valence-corrected chi connectivity index (χ3v) is 3.44. The average molecular weight is 228 g/mol. The molecule has 1 aliphatic carbocycles. The number of halogens is 2. The maximum atomic E-state index is 14.5. The fraction of sp³-hybridized carbons (Fsp3) is 0.500. The average Bonchev–Trinajstić information content (AvgIpc) is 2.24. The van der Waals surface area contributed by atoms with Crippen LogP contribution in [0.15, 0.2) is 24.3 Å². The summed E-state index contributed by atoms with van der Waals surface area (Å²) >= 11 is 5.78. The molecule has 15 heavy (non-hydrogen) atoms. The van der Waals surface area contributed by atoms with E-state index in [1.54, 1.807) is 24.3 Å². The van der Waals surface area contributed by atoms with Crippen LogP contribution in [0.4, 0.5) is 4.39 Å². The van der Waals surface area contributed by atoms with E-state index in [2.05, 4.69) is 0 Å². The van der Waals surface area contributed by atoms with E-state index in [0.29, 0.717) is 17.9 Å². The highest BCUT2D eigenvalue weighted by Gasteiger charge is 2.35. The number of rotatable bonds is 1. The van der Waals surface area contributed by atoms with Crippen molar-refractivity contribution >= 4 is 11.6 Å². The molecule has 2 rings (SSSR count). The van der Waals surface area contributed by atoms with Crippen LogP contribution in [0, 0.1) is 0 Å².